The number of rotatable bonds is 14. The Labute approximate surface area is 731 Å². The molecule has 38 heteroatoms. The second-order valence-corrected chi connectivity index (χ2v) is 29.7. The van der Waals surface area contributed by atoms with Gasteiger partial charge in [0.2, 0.25) is 0 Å². The molecule has 1 saturated heterocycles. The lowest BCUT2D eigenvalue weighted by molar-refractivity contribution is -0.274. The van der Waals surface area contributed by atoms with E-state index in [1.54, 1.807) is 84.9 Å². The van der Waals surface area contributed by atoms with Gasteiger partial charge in [-0.05, 0) is 141 Å². The van der Waals surface area contributed by atoms with Crippen LogP contribution in [0.3, 0.4) is 0 Å². The molecule has 27 nitrogen and oxygen atoms in total. The second-order valence-electron chi connectivity index (χ2n) is 29.3. The lowest BCUT2D eigenvalue weighted by atomic mass is 10.1. The van der Waals surface area contributed by atoms with Gasteiger partial charge in [-0.25, -0.2) is 54.7 Å². The van der Waals surface area contributed by atoms with Crippen molar-refractivity contribution in [1.82, 2.24) is 101 Å². The van der Waals surface area contributed by atoms with Crippen LogP contribution in [0, 0.1) is 26.6 Å². The predicted octanol–water partition coefficient (Wildman–Crippen LogP) is 21.9. The number of anilines is 6. The number of aromatic amines is 3. The quantitative estimate of drug-likeness (QED) is 0.0469. The Balaban J connectivity index is 0.000000117. The Morgan fingerprint density at radius 2 is 1.03 bits per heavy atom. The summed E-state index contributed by atoms with van der Waals surface area (Å²) in [7, 11) is 0. The smallest absolute Gasteiger partial charge is 0.405 e. The van der Waals surface area contributed by atoms with Gasteiger partial charge in [0.05, 0.1) is 72.6 Å². The van der Waals surface area contributed by atoms with Crippen molar-refractivity contribution in [3.63, 3.8) is 0 Å². The number of nitrogens with zero attached hydrogens (tertiary/aromatic N) is 16. The molecule has 0 amide bonds. The largest absolute Gasteiger partial charge is 0.573 e. The van der Waals surface area contributed by atoms with Crippen LogP contribution in [0.2, 0.25) is 5.02 Å². The summed E-state index contributed by atoms with van der Waals surface area (Å²) in [6.07, 6.45) is -11.8. The molecule has 0 bridgehead atoms. The van der Waals surface area contributed by atoms with Crippen molar-refractivity contribution in [2.24, 2.45) is 4.99 Å². The predicted molar refractivity (Wildman–Crippen MR) is 472 cm³/mol. The van der Waals surface area contributed by atoms with Crippen LogP contribution in [0.1, 0.15) is 46.0 Å². The molecule has 8 N–H and O–H groups in total. The lowest BCUT2D eigenvalue weighted by Crippen LogP contribution is -2.27. The molecule has 130 heavy (non-hydrogen) atoms. The molecule has 11 heterocycles. The number of benzene rings is 10. The van der Waals surface area contributed by atoms with E-state index in [0.717, 1.165) is 39.9 Å². The zero-order chi connectivity index (χ0) is 90.1. The Morgan fingerprint density at radius 1 is 0.477 bits per heavy atom. The van der Waals surface area contributed by atoms with Gasteiger partial charge in [0.1, 0.15) is 40.2 Å². The van der Waals surface area contributed by atoms with E-state index in [1.807, 2.05) is 106 Å². The fourth-order valence-corrected chi connectivity index (χ4v) is 14.8. The number of hydrazine groups is 1. The Morgan fingerprint density at radius 3 is 1.70 bits per heavy atom. The monoisotopic (exact) mass is 1780 g/mol. The molecule has 0 spiro atoms. The van der Waals surface area contributed by atoms with E-state index >= 15 is 0 Å². The van der Waals surface area contributed by atoms with Gasteiger partial charge in [0.15, 0.2) is 57.7 Å². The SMILES string of the molecule is Cc1cc(C)c2c(Nc3nc(-c4ccccc4C(F)(F)F)nc4ccccc34)n[nH]c2n1.Cc1cccc2c(N=C3CC(c4ccccc4)NN3)nc(-c3ccccc3OC(F)(F)F)nc12.Fc1ccc2[nH]nc(Nc3nc(-c4ccccc4Cl)nc4oncc34)c2c1.O=c1cc2[nH]nc(Nc3nc(-c4ccccc4C(F)(F)F)nc4ccccc34)c2nn1-c1ccccc1. The molecule has 10 aromatic heterocycles. The fraction of sp³-hybridized carbons (Fsp3) is 0.0870. The summed E-state index contributed by atoms with van der Waals surface area (Å²) < 4.78 is 145. The molecule has 20 aromatic rings. The summed E-state index contributed by atoms with van der Waals surface area (Å²) in [5.41, 5.74) is 13.2. The maximum absolute atomic E-state index is 13.7. The van der Waals surface area contributed by atoms with Gasteiger partial charge in [0.25, 0.3) is 11.3 Å². The highest BCUT2D eigenvalue weighted by molar-refractivity contribution is 6.33. The van der Waals surface area contributed by atoms with Gasteiger partial charge in [0, 0.05) is 56.4 Å². The molecule has 21 rings (SSSR count). The highest BCUT2D eigenvalue weighted by Crippen LogP contribution is 2.43. The topological polar surface area (TPSA) is 345 Å². The average molecular weight is 1780 g/mol. The third-order valence-electron chi connectivity index (χ3n) is 20.5. The minimum atomic E-state index is -4.84. The van der Waals surface area contributed by atoms with Crippen molar-refractivity contribution in [3.8, 4) is 57.0 Å². The second kappa shape index (κ2) is 35.1. The van der Waals surface area contributed by atoms with Crippen LogP contribution in [-0.2, 0) is 12.4 Å². The van der Waals surface area contributed by atoms with Crippen LogP contribution in [0.4, 0.5) is 84.6 Å². The van der Waals surface area contributed by atoms with E-state index in [4.69, 9.17) is 21.1 Å². The highest BCUT2D eigenvalue weighted by Gasteiger charge is 2.37. The standard InChI is InChI=1S/C26H16F3N7O.C25H20F3N5O.C23H17F3N6.C18H10ClFN6O/c27-26(28,29)18-12-6-4-10-16(18)23-30-19-13-7-5-11-17(19)24(31-23)32-25-22-20(33-34-25)14-21(37)36(35-22)15-8-2-1-3-9-15;1-15-8-7-12-18-22(15)30-23(17-11-5-6-13-20(17)34-25(26,27)28)31-24(18)29-21-14-19(32-33-21)16-9-3-2-4-10-16;1-12-11-13(2)27-21-18(12)22(32-31-21)30-20-15-8-4-6-10-17(15)28-19(29-20)14-7-3-5-9-16(14)23(24,25)26;19-13-4-2-1-3-10(13)15-22-16(12-8-21-27-18(12)24-15)23-17-11-7-9(20)5-6-14(11)25-26-17/h1-14,33H,(H,30,31,32,34);2-13,19,32H,14H2,1H3,(H,29,30,31,33);3-11H,1-2H3,(H2,27,28,29,30,31,32);1-8H,(H2,22,23,24,25,26). The number of aromatic nitrogens is 18. The van der Waals surface area contributed by atoms with Gasteiger partial charge < -0.3 is 30.6 Å². The number of ether oxygens (including phenoxy) is 1. The summed E-state index contributed by atoms with van der Waals surface area (Å²) in [6, 6.07) is 69.7. The summed E-state index contributed by atoms with van der Waals surface area (Å²) in [5.74, 6) is 2.85. The number of nitrogens with one attached hydrogen (secondary N) is 8. The average Bonchev–Trinajstić information content (AvgIpc) is 1.39. The summed E-state index contributed by atoms with van der Waals surface area (Å²) >= 11 is 6.27. The summed E-state index contributed by atoms with van der Waals surface area (Å²) in [4.78, 5) is 57.6. The van der Waals surface area contributed by atoms with E-state index in [0.29, 0.717) is 135 Å². The van der Waals surface area contributed by atoms with Crippen LogP contribution < -0.4 is 37.1 Å². The Bertz CT molecular complexity index is 7780. The van der Waals surface area contributed by atoms with E-state index in [2.05, 4.69) is 117 Å². The first kappa shape index (κ1) is 84.3. The molecular formula is C92H63ClF10N24O3. The molecule has 10 aromatic carbocycles. The number of para-hydroxylation sites is 5. The number of pyridine rings is 1. The van der Waals surface area contributed by atoms with Crippen molar-refractivity contribution < 1.29 is 53.2 Å². The van der Waals surface area contributed by atoms with E-state index in [1.165, 1.54) is 83.7 Å². The minimum absolute atomic E-state index is 0.0235. The highest BCUT2D eigenvalue weighted by atomic mass is 35.5. The van der Waals surface area contributed by atoms with Crippen LogP contribution in [0.25, 0.3) is 128 Å². The van der Waals surface area contributed by atoms with Crippen molar-refractivity contribution in [1.29, 1.82) is 0 Å². The van der Waals surface area contributed by atoms with Gasteiger partial charge in [-0.1, -0.05) is 162 Å². The van der Waals surface area contributed by atoms with Gasteiger partial charge >= 0.3 is 18.7 Å². The van der Waals surface area contributed by atoms with E-state index in [9.17, 15) is 48.7 Å². The molecule has 1 fully saturated rings. The minimum Gasteiger partial charge on any atom is -0.405 e. The normalized spacial score (nSPS) is 13.1. The van der Waals surface area contributed by atoms with E-state index < -0.39 is 29.8 Å². The number of halogens is 11. The van der Waals surface area contributed by atoms with Gasteiger partial charge in [-0.2, -0.15) is 56.4 Å². The first-order chi connectivity index (χ1) is 62.7. The Hall–Kier alpha value is -16.6. The molecular weight excluding hydrogens is 1710 g/mol. The van der Waals surface area contributed by atoms with Gasteiger partial charge in [-0.15, -0.1) is 13.2 Å². The number of aliphatic imine (C=N–C) groups is 1. The van der Waals surface area contributed by atoms with Crippen LogP contribution in [0.5, 0.6) is 5.75 Å². The van der Waals surface area contributed by atoms with Crippen molar-refractivity contribution in [2.45, 2.75) is 51.9 Å². The zero-order valence-corrected chi connectivity index (χ0v) is 68.4. The van der Waals surface area contributed by atoms with Crippen molar-refractivity contribution in [2.75, 3.05) is 16.0 Å². The molecule has 1 unspecified atom stereocenters. The molecule has 0 saturated carbocycles. The molecule has 1 aliphatic heterocycles. The Kier molecular flexibility index (Phi) is 22.8. The molecule has 646 valence electrons. The number of fused-ring (bicyclic) bond motifs is 7. The molecule has 1 atom stereocenters. The summed E-state index contributed by atoms with van der Waals surface area (Å²) in [6.45, 7) is 5.72. The number of aryl methyl sites for hydroxylation is 3. The third-order valence-corrected chi connectivity index (χ3v) is 20.9. The summed E-state index contributed by atoms with van der Waals surface area (Å²) in [5, 5.41) is 43.3. The van der Waals surface area contributed by atoms with Crippen molar-refractivity contribution >= 4 is 135 Å². The van der Waals surface area contributed by atoms with E-state index in [-0.39, 0.29) is 69.0 Å². The molecule has 0 aliphatic carbocycles. The number of amidine groups is 1. The zero-order valence-electron chi connectivity index (χ0n) is 67.6. The maximum Gasteiger partial charge on any atom is 0.573 e. The van der Waals surface area contributed by atoms with Crippen LogP contribution in [0.15, 0.2) is 275 Å². The number of hydrogen-bond donors (Lipinski definition) is 8. The van der Waals surface area contributed by atoms with Crippen molar-refractivity contribution in [3.05, 3.63) is 316 Å². The molecule has 0 radical (unpaired) electrons. The molecule has 1 aliphatic rings. The van der Waals surface area contributed by atoms with Crippen LogP contribution in [-0.4, -0.2) is 103 Å². The van der Waals surface area contributed by atoms with Crippen LogP contribution >= 0.6 is 11.6 Å². The first-order valence-corrected chi connectivity index (χ1v) is 39.9. The van der Waals surface area contributed by atoms with Gasteiger partial charge in [-0.3, -0.25) is 20.1 Å². The lowest BCUT2D eigenvalue weighted by Gasteiger charge is -2.14. The number of H-pyrrole nitrogens is 3. The fourth-order valence-electron chi connectivity index (χ4n) is 14.6. The maximum atomic E-state index is 13.7. The number of alkyl halides is 9. The third kappa shape index (κ3) is 17.9. The first-order valence-electron chi connectivity index (χ1n) is 39.6. The number of hydrogen-bond acceptors (Lipinski definition) is 22.